The van der Waals surface area contributed by atoms with Gasteiger partial charge in [-0.15, -0.1) is 0 Å². The highest BCUT2D eigenvalue weighted by Gasteiger charge is 2.05. The van der Waals surface area contributed by atoms with E-state index in [0.717, 1.165) is 18.7 Å². The molecule has 0 aliphatic rings. The van der Waals surface area contributed by atoms with Gasteiger partial charge in [0.2, 0.25) is 0 Å². The van der Waals surface area contributed by atoms with Crippen LogP contribution in [-0.4, -0.2) is 36.7 Å². The number of nitrogens with zero attached hydrogens (tertiary/aromatic N) is 2. The summed E-state index contributed by atoms with van der Waals surface area (Å²) >= 11 is 5.77. The molecule has 0 heterocycles. The van der Waals surface area contributed by atoms with Crippen molar-refractivity contribution < 1.29 is 4.79 Å². The predicted molar refractivity (Wildman–Crippen MR) is 75.0 cm³/mol. The van der Waals surface area contributed by atoms with Crippen LogP contribution in [0.4, 0.5) is 0 Å². The number of hydrogen-bond donors (Lipinski definition) is 1. The van der Waals surface area contributed by atoms with E-state index in [2.05, 4.69) is 10.5 Å². The standard InChI is InChI=1S/C13H18ClN3O/c1-3-17(4-2)10-13(18)16-15-9-11-5-7-12(14)8-6-11/h5-9H,3-4,10H2,1-2H3,(H,16,18)/b15-9+. The molecule has 0 spiro atoms. The van der Waals surface area contributed by atoms with E-state index in [1.165, 1.54) is 0 Å². The molecule has 0 saturated carbocycles. The first-order valence-electron chi connectivity index (χ1n) is 5.95. The van der Waals surface area contributed by atoms with Gasteiger partial charge in [-0.3, -0.25) is 9.69 Å². The Bertz CT molecular complexity index is 399. The van der Waals surface area contributed by atoms with Gasteiger partial charge in [-0.25, -0.2) is 5.43 Å². The first-order chi connectivity index (χ1) is 8.65. The summed E-state index contributed by atoms with van der Waals surface area (Å²) in [6.07, 6.45) is 1.59. The highest BCUT2D eigenvalue weighted by Crippen LogP contribution is 2.07. The summed E-state index contributed by atoms with van der Waals surface area (Å²) in [4.78, 5) is 13.5. The first-order valence-corrected chi connectivity index (χ1v) is 6.33. The molecule has 1 amide bonds. The third kappa shape index (κ3) is 5.29. The average molecular weight is 268 g/mol. The Balaban J connectivity index is 2.40. The van der Waals surface area contributed by atoms with Crippen molar-refractivity contribution in [2.75, 3.05) is 19.6 Å². The van der Waals surface area contributed by atoms with Crippen LogP contribution in [0.15, 0.2) is 29.4 Å². The molecule has 98 valence electrons. The number of hydrazone groups is 1. The van der Waals surface area contributed by atoms with E-state index in [1.807, 2.05) is 30.9 Å². The highest BCUT2D eigenvalue weighted by molar-refractivity contribution is 6.30. The Hall–Kier alpha value is -1.39. The minimum Gasteiger partial charge on any atom is -0.295 e. The van der Waals surface area contributed by atoms with Crippen molar-refractivity contribution >= 4 is 23.7 Å². The van der Waals surface area contributed by atoms with Gasteiger partial charge >= 0.3 is 0 Å². The lowest BCUT2D eigenvalue weighted by molar-refractivity contribution is -0.122. The van der Waals surface area contributed by atoms with E-state index >= 15 is 0 Å². The molecule has 1 aromatic carbocycles. The van der Waals surface area contributed by atoms with E-state index in [9.17, 15) is 4.79 Å². The van der Waals surface area contributed by atoms with Crippen molar-refractivity contribution in [2.24, 2.45) is 5.10 Å². The Morgan fingerprint density at radius 2 is 1.94 bits per heavy atom. The van der Waals surface area contributed by atoms with E-state index in [1.54, 1.807) is 18.3 Å². The Morgan fingerprint density at radius 3 is 2.50 bits per heavy atom. The minimum atomic E-state index is -0.107. The summed E-state index contributed by atoms with van der Waals surface area (Å²) in [5.41, 5.74) is 3.39. The first kappa shape index (κ1) is 14.7. The number of halogens is 1. The molecule has 1 aromatic rings. The van der Waals surface area contributed by atoms with Crippen molar-refractivity contribution in [3.8, 4) is 0 Å². The minimum absolute atomic E-state index is 0.107. The Morgan fingerprint density at radius 1 is 1.33 bits per heavy atom. The summed E-state index contributed by atoms with van der Waals surface area (Å²) in [7, 11) is 0. The van der Waals surface area contributed by atoms with Gasteiger partial charge in [-0.1, -0.05) is 37.6 Å². The highest BCUT2D eigenvalue weighted by atomic mass is 35.5. The lowest BCUT2D eigenvalue weighted by atomic mass is 10.2. The number of carbonyl (C=O) groups is 1. The van der Waals surface area contributed by atoms with Crippen LogP contribution in [0.1, 0.15) is 19.4 Å². The van der Waals surface area contributed by atoms with Gasteiger partial charge < -0.3 is 0 Å². The molecule has 5 heteroatoms. The molecule has 0 atom stereocenters. The fourth-order valence-electron chi connectivity index (χ4n) is 1.41. The van der Waals surface area contributed by atoms with Gasteiger partial charge in [-0.2, -0.15) is 5.10 Å². The van der Waals surface area contributed by atoms with Crippen LogP contribution in [0, 0.1) is 0 Å². The van der Waals surface area contributed by atoms with E-state index in [-0.39, 0.29) is 5.91 Å². The Labute approximate surface area is 113 Å². The quantitative estimate of drug-likeness (QED) is 0.634. The predicted octanol–water partition coefficient (Wildman–Crippen LogP) is 2.13. The van der Waals surface area contributed by atoms with Crippen molar-refractivity contribution in [1.29, 1.82) is 0 Å². The van der Waals surface area contributed by atoms with Crippen LogP contribution >= 0.6 is 11.6 Å². The average Bonchev–Trinajstić information content (AvgIpc) is 2.38. The third-order valence-corrected chi connectivity index (χ3v) is 2.79. The number of rotatable bonds is 6. The van der Waals surface area contributed by atoms with Gasteiger partial charge in [0.1, 0.15) is 0 Å². The molecule has 0 aromatic heterocycles. The van der Waals surface area contributed by atoms with Crippen LogP contribution in [0.25, 0.3) is 0 Å². The van der Waals surface area contributed by atoms with Gasteiger partial charge in [0.15, 0.2) is 0 Å². The monoisotopic (exact) mass is 267 g/mol. The maximum atomic E-state index is 11.5. The maximum absolute atomic E-state index is 11.5. The molecule has 1 rings (SSSR count). The Kier molecular flexibility index (Phi) is 6.39. The topological polar surface area (TPSA) is 44.7 Å². The number of hydrogen-bond acceptors (Lipinski definition) is 3. The van der Waals surface area contributed by atoms with Crippen molar-refractivity contribution in [1.82, 2.24) is 10.3 Å². The van der Waals surface area contributed by atoms with E-state index < -0.39 is 0 Å². The largest absolute Gasteiger partial charge is 0.295 e. The molecular formula is C13H18ClN3O. The molecule has 0 fully saturated rings. The number of likely N-dealkylation sites (N-methyl/N-ethyl adjacent to an activating group) is 1. The number of amides is 1. The molecule has 0 aliphatic heterocycles. The van der Waals surface area contributed by atoms with Crippen LogP contribution in [0.5, 0.6) is 0 Å². The molecule has 0 bridgehead atoms. The maximum Gasteiger partial charge on any atom is 0.254 e. The number of benzene rings is 1. The van der Waals surface area contributed by atoms with Crippen molar-refractivity contribution in [3.63, 3.8) is 0 Å². The summed E-state index contributed by atoms with van der Waals surface area (Å²) in [6, 6.07) is 7.23. The zero-order valence-electron chi connectivity index (χ0n) is 10.7. The lowest BCUT2D eigenvalue weighted by Crippen LogP contribution is -2.35. The van der Waals surface area contributed by atoms with E-state index in [4.69, 9.17) is 11.6 Å². The van der Waals surface area contributed by atoms with Crippen LogP contribution in [0.2, 0.25) is 5.02 Å². The summed E-state index contributed by atoms with van der Waals surface area (Å²) in [6.45, 7) is 6.11. The van der Waals surface area contributed by atoms with Gasteiger partial charge in [0, 0.05) is 5.02 Å². The van der Waals surface area contributed by atoms with Crippen LogP contribution in [0.3, 0.4) is 0 Å². The molecule has 1 N–H and O–H groups in total. The van der Waals surface area contributed by atoms with E-state index in [0.29, 0.717) is 11.6 Å². The summed E-state index contributed by atoms with van der Waals surface area (Å²) in [5.74, 6) is -0.107. The van der Waals surface area contributed by atoms with Crippen LogP contribution in [-0.2, 0) is 4.79 Å². The second-order valence-corrected chi connectivity index (χ2v) is 4.24. The van der Waals surface area contributed by atoms with Crippen molar-refractivity contribution in [3.05, 3.63) is 34.9 Å². The molecule has 4 nitrogen and oxygen atoms in total. The smallest absolute Gasteiger partial charge is 0.254 e. The fraction of sp³-hybridized carbons (Fsp3) is 0.385. The van der Waals surface area contributed by atoms with Gasteiger partial charge in [0.05, 0.1) is 12.8 Å². The number of carbonyl (C=O) groups excluding carboxylic acids is 1. The second kappa shape index (κ2) is 7.84. The normalized spacial score (nSPS) is 11.1. The summed E-state index contributed by atoms with van der Waals surface area (Å²) in [5, 5.41) is 4.58. The van der Waals surface area contributed by atoms with Crippen LogP contribution < -0.4 is 5.43 Å². The zero-order valence-corrected chi connectivity index (χ0v) is 11.4. The third-order valence-electron chi connectivity index (χ3n) is 2.53. The van der Waals surface area contributed by atoms with Gasteiger partial charge in [-0.05, 0) is 30.8 Å². The lowest BCUT2D eigenvalue weighted by Gasteiger charge is -2.15. The number of nitrogens with one attached hydrogen (secondary N) is 1. The SMILES string of the molecule is CCN(CC)CC(=O)N/N=C/c1ccc(Cl)cc1. The molecule has 0 unspecified atom stereocenters. The molecule has 0 radical (unpaired) electrons. The van der Waals surface area contributed by atoms with Gasteiger partial charge in [0.25, 0.3) is 5.91 Å². The zero-order chi connectivity index (χ0) is 13.4. The summed E-state index contributed by atoms with van der Waals surface area (Å²) < 4.78 is 0. The second-order valence-electron chi connectivity index (χ2n) is 3.81. The molecular weight excluding hydrogens is 250 g/mol. The molecule has 18 heavy (non-hydrogen) atoms. The van der Waals surface area contributed by atoms with Crippen molar-refractivity contribution in [2.45, 2.75) is 13.8 Å². The fourth-order valence-corrected chi connectivity index (χ4v) is 1.54. The molecule has 0 aliphatic carbocycles. The molecule has 0 saturated heterocycles.